The largest absolute Gasteiger partial charge is 0.369 e. The molecule has 3 aromatic carbocycles. The molecular weight excluding hydrogens is 418 g/mol. The van der Waals surface area contributed by atoms with Gasteiger partial charge < -0.3 is 29.4 Å². The Labute approximate surface area is 194 Å². The van der Waals surface area contributed by atoms with E-state index in [0.717, 1.165) is 16.7 Å². The first-order chi connectivity index (χ1) is 16.3. The second-order valence-electron chi connectivity index (χ2n) is 8.35. The molecule has 0 spiro atoms. The van der Waals surface area contributed by atoms with E-state index in [1.54, 1.807) is 0 Å². The van der Waals surface area contributed by atoms with Gasteiger partial charge in [-0.3, -0.25) is 0 Å². The molecule has 2 fully saturated rings. The summed E-state index contributed by atoms with van der Waals surface area (Å²) in [5.41, 5.74) is 9.72. The van der Waals surface area contributed by atoms with E-state index in [9.17, 15) is 0 Å². The van der Waals surface area contributed by atoms with Crippen LogP contribution in [0.5, 0.6) is 0 Å². The third-order valence-electron chi connectivity index (χ3n) is 6.00. The Morgan fingerprint density at radius 3 is 1.94 bits per heavy atom. The van der Waals surface area contributed by atoms with Gasteiger partial charge >= 0.3 is 0 Å². The summed E-state index contributed by atoms with van der Waals surface area (Å²) in [5.74, 6) is 0. The Balaban J connectivity index is 1.32. The number of fused-ring (bicyclic) bond motifs is 1. The lowest BCUT2D eigenvalue weighted by Crippen LogP contribution is -2.65. The lowest BCUT2D eigenvalue weighted by Gasteiger charge is -2.48. The maximum absolute atomic E-state index is 6.65. The standard InChI is InChI=1S/C27H29NO5/c28-23-25(29-16-19-10-4-1-5-11-19)24-22(18-31-26(33-24)21-14-8-3-9-15-21)32-27(23)30-17-20-12-6-2-7-13-20/h1-15,22-27H,16-18,28H2/t22-,23-,24-,25-,26?,27-/m1/s1. The highest BCUT2D eigenvalue weighted by Crippen LogP contribution is 2.35. The van der Waals surface area contributed by atoms with Crippen molar-refractivity contribution < 1.29 is 23.7 Å². The lowest BCUT2D eigenvalue weighted by atomic mass is 9.96. The topological polar surface area (TPSA) is 72.2 Å². The highest BCUT2D eigenvalue weighted by molar-refractivity contribution is 5.17. The van der Waals surface area contributed by atoms with Gasteiger partial charge in [-0.25, -0.2) is 0 Å². The third kappa shape index (κ3) is 5.33. The van der Waals surface area contributed by atoms with Gasteiger partial charge in [-0.15, -0.1) is 0 Å². The molecule has 0 radical (unpaired) electrons. The van der Waals surface area contributed by atoms with Crippen LogP contribution in [0.2, 0.25) is 0 Å². The van der Waals surface area contributed by atoms with Crippen molar-refractivity contribution in [2.45, 2.75) is 50.1 Å². The molecule has 3 aromatic rings. The highest BCUT2D eigenvalue weighted by atomic mass is 16.7. The molecule has 0 saturated carbocycles. The zero-order chi connectivity index (χ0) is 22.5. The summed E-state index contributed by atoms with van der Waals surface area (Å²) in [6, 6.07) is 29.3. The summed E-state index contributed by atoms with van der Waals surface area (Å²) in [4.78, 5) is 0. The fourth-order valence-corrected chi connectivity index (χ4v) is 4.25. The van der Waals surface area contributed by atoms with Crippen molar-refractivity contribution in [2.75, 3.05) is 6.61 Å². The quantitative estimate of drug-likeness (QED) is 0.591. The first-order valence-corrected chi connectivity index (χ1v) is 11.3. The van der Waals surface area contributed by atoms with E-state index in [1.807, 2.05) is 91.0 Å². The van der Waals surface area contributed by atoms with Crippen molar-refractivity contribution in [2.24, 2.45) is 5.73 Å². The van der Waals surface area contributed by atoms with Crippen LogP contribution in [0.1, 0.15) is 23.0 Å². The molecule has 6 atom stereocenters. The summed E-state index contributed by atoms with van der Waals surface area (Å²) in [6.07, 6.45) is -2.26. The Kier molecular flexibility index (Phi) is 7.12. The molecule has 0 amide bonds. The van der Waals surface area contributed by atoms with Crippen LogP contribution in [0.3, 0.4) is 0 Å². The van der Waals surface area contributed by atoms with Crippen molar-refractivity contribution in [1.29, 1.82) is 0 Å². The molecule has 2 aliphatic heterocycles. The van der Waals surface area contributed by atoms with Crippen LogP contribution in [0.15, 0.2) is 91.0 Å². The van der Waals surface area contributed by atoms with Crippen LogP contribution < -0.4 is 5.73 Å². The molecule has 2 aliphatic rings. The summed E-state index contributed by atoms with van der Waals surface area (Å²) in [6.45, 7) is 1.19. The molecular formula is C27H29NO5. The lowest BCUT2D eigenvalue weighted by molar-refractivity contribution is -0.348. The molecule has 0 aliphatic carbocycles. The molecule has 6 nitrogen and oxygen atoms in total. The van der Waals surface area contributed by atoms with Gasteiger partial charge in [-0.2, -0.15) is 0 Å². The maximum atomic E-state index is 6.65. The number of benzene rings is 3. The van der Waals surface area contributed by atoms with Gasteiger partial charge in [0.2, 0.25) is 0 Å². The van der Waals surface area contributed by atoms with Crippen LogP contribution in [0, 0.1) is 0 Å². The third-order valence-corrected chi connectivity index (χ3v) is 6.00. The number of rotatable bonds is 7. The Morgan fingerprint density at radius 1 is 0.727 bits per heavy atom. The number of ether oxygens (including phenoxy) is 5. The van der Waals surface area contributed by atoms with Crippen molar-refractivity contribution in [3.8, 4) is 0 Å². The molecule has 6 heteroatoms. The number of hydrogen-bond acceptors (Lipinski definition) is 6. The summed E-state index contributed by atoms with van der Waals surface area (Å²) < 4.78 is 31.0. The van der Waals surface area contributed by atoms with Gasteiger partial charge in [0.25, 0.3) is 0 Å². The zero-order valence-electron chi connectivity index (χ0n) is 18.4. The monoisotopic (exact) mass is 447 g/mol. The van der Waals surface area contributed by atoms with E-state index in [4.69, 9.17) is 29.4 Å². The van der Waals surface area contributed by atoms with Gasteiger partial charge in [0.1, 0.15) is 18.3 Å². The average molecular weight is 448 g/mol. The Hall–Kier alpha value is -2.58. The predicted molar refractivity (Wildman–Crippen MR) is 123 cm³/mol. The zero-order valence-corrected chi connectivity index (χ0v) is 18.4. The van der Waals surface area contributed by atoms with Gasteiger partial charge in [-0.1, -0.05) is 91.0 Å². The van der Waals surface area contributed by atoms with Gasteiger partial charge in [0, 0.05) is 5.56 Å². The SMILES string of the molecule is N[C@H]1[C@H](OCc2ccccc2)O[C@@H]2COC(c3ccccc3)O[C@H]2[C@@H]1OCc1ccccc1. The normalized spacial score (nSPS) is 29.4. The fraction of sp³-hybridized carbons (Fsp3) is 0.333. The molecule has 1 unspecified atom stereocenters. The Bertz CT molecular complexity index is 987. The van der Waals surface area contributed by atoms with Gasteiger partial charge in [-0.05, 0) is 11.1 Å². The van der Waals surface area contributed by atoms with Crippen LogP contribution in [0.4, 0.5) is 0 Å². The first-order valence-electron chi connectivity index (χ1n) is 11.3. The van der Waals surface area contributed by atoms with Crippen molar-refractivity contribution in [1.82, 2.24) is 0 Å². The molecule has 2 N–H and O–H groups in total. The molecule has 0 aromatic heterocycles. The minimum atomic E-state index is -0.632. The van der Waals surface area contributed by atoms with E-state index in [0.29, 0.717) is 19.8 Å². The molecule has 2 saturated heterocycles. The summed E-state index contributed by atoms with van der Waals surface area (Å²) >= 11 is 0. The second-order valence-corrected chi connectivity index (χ2v) is 8.35. The van der Waals surface area contributed by atoms with Crippen LogP contribution >= 0.6 is 0 Å². The molecule has 172 valence electrons. The van der Waals surface area contributed by atoms with E-state index < -0.39 is 24.7 Å². The van der Waals surface area contributed by atoms with E-state index in [2.05, 4.69) is 0 Å². The Morgan fingerprint density at radius 2 is 1.30 bits per heavy atom. The fourth-order valence-electron chi connectivity index (χ4n) is 4.25. The maximum Gasteiger partial charge on any atom is 0.184 e. The van der Waals surface area contributed by atoms with Crippen LogP contribution in [-0.4, -0.2) is 37.3 Å². The smallest absolute Gasteiger partial charge is 0.184 e. The number of nitrogens with two attached hydrogens (primary N) is 1. The summed E-state index contributed by atoms with van der Waals surface area (Å²) in [7, 11) is 0. The van der Waals surface area contributed by atoms with Crippen molar-refractivity contribution in [3.63, 3.8) is 0 Å². The number of hydrogen-bond donors (Lipinski definition) is 1. The molecule has 5 rings (SSSR count). The summed E-state index contributed by atoms with van der Waals surface area (Å²) in [5, 5.41) is 0. The van der Waals surface area contributed by atoms with Crippen LogP contribution in [0.25, 0.3) is 0 Å². The molecule has 33 heavy (non-hydrogen) atoms. The minimum Gasteiger partial charge on any atom is -0.369 e. The first kappa shape index (κ1) is 22.2. The second kappa shape index (κ2) is 10.6. The molecule has 0 bridgehead atoms. The van der Waals surface area contributed by atoms with E-state index >= 15 is 0 Å². The van der Waals surface area contributed by atoms with Crippen LogP contribution in [-0.2, 0) is 36.9 Å². The van der Waals surface area contributed by atoms with Crippen molar-refractivity contribution >= 4 is 0 Å². The predicted octanol–water partition coefficient (Wildman–Crippen LogP) is 3.96. The van der Waals surface area contributed by atoms with Crippen molar-refractivity contribution in [3.05, 3.63) is 108 Å². The molecule has 2 heterocycles. The van der Waals surface area contributed by atoms with E-state index in [-0.39, 0.29) is 12.2 Å². The van der Waals surface area contributed by atoms with Gasteiger partial charge in [0.05, 0.1) is 25.9 Å². The average Bonchev–Trinajstić information content (AvgIpc) is 2.88. The highest BCUT2D eigenvalue weighted by Gasteiger charge is 2.49. The van der Waals surface area contributed by atoms with Gasteiger partial charge in [0.15, 0.2) is 12.6 Å². The van der Waals surface area contributed by atoms with E-state index in [1.165, 1.54) is 0 Å². The minimum absolute atomic E-state index is 0.341.